The Bertz CT molecular complexity index is 272. The number of rotatable bonds is 4. The maximum absolute atomic E-state index is 12.1. The molecule has 2 rings (SSSR count). The molecule has 0 atom stereocenters. The lowest BCUT2D eigenvalue weighted by Gasteiger charge is -2.31. The van der Waals surface area contributed by atoms with Gasteiger partial charge in [0.1, 0.15) is 0 Å². The lowest BCUT2D eigenvalue weighted by Crippen LogP contribution is -2.45. The van der Waals surface area contributed by atoms with Crippen LogP contribution in [0.2, 0.25) is 0 Å². The lowest BCUT2D eigenvalue weighted by atomic mass is 9.97. The van der Waals surface area contributed by atoms with E-state index >= 15 is 0 Å². The number of halogens is 1. The Morgan fingerprint density at radius 3 is 2.20 bits per heavy atom. The highest BCUT2D eigenvalue weighted by atomic mass is 35.5. The zero-order valence-corrected chi connectivity index (χ0v) is 13.3. The van der Waals surface area contributed by atoms with Crippen LogP contribution in [0.4, 0.5) is 0 Å². The third-order valence-electron chi connectivity index (χ3n) is 4.63. The number of likely N-dealkylation sites (tertiary alicyclic amines) is 1. The number of nitrogens with one attached hydrogen (secondary N) is 1. The predicted octanol–water partition coefficient (Wildman–Crippen LogP) is 1.92. The second-order valence-electron chi connectivity index (χ2n) is 6.21. The van der Waals surface area contributed by atoms with Crippen LogP contribution in [0, 0.1) is 5.92 Å². The smallest absolute Gasteiger partial charge is 0.234 e. The van der Waals surface area contributed by atoms with Gasteiger partial charge in [-0.2, -0.15) is 0 Å². The van der Waals surface area contributed by atoms with Crippen molar-refractivity contribution in [3.8, 4) is 0 Å². The van der Waals surface area contributed by atoms with Crippen LogP contribution in [-0.2, 0) is 4.79 Å². The fraction of sp³-hybridized carbons (Fsp3) is 0.933. The Morgan fingerprint density at radius 1 is 1.05 bits per heavy atom. The van der Waals surface area contributed by atoms with E-state index in [1.165, 1.54) is 38.5 Å². The summed E-state index contributed by atoms with van der Waals surface area (Å²) in [5.41, 5.74) is 5.69. The van der Waals surface area contributed by atoms with Crippen molar-refractivity contribution in [2.75, 3.05) is 26.2 Å². The number of hydrogen-bond donors (Lipinski definition) is 2. The molecular weight excluding hydrogens is 274 g/mol. The van der Waals surface area contributed by atoms with Gasteiger partial charge >= 0.3 is 0 Å². The van der Waals surface area contributed by atoms with Gasteiger partial charge in [-0.15, -0.1) is 12.4 Å². The fourth-order valence-corrected chi connectivity index (χ4v) is 3.28. The zero-order valence-electron chi connectivity index (χ0n) is 12.5. The molecule has 4 nitrogen and oxygen atoms in total. The fourth-order valence-electron chi connectivity index (χ4n) is 3.28. The summed E-state index contributed by atoms with van der Waals surface area (Å²) < 4.78 is 0. The third kappa shape index (κ3) is 5.98. The Labute approximate surface area is 129 Å². The molecule has 2 fully saturated rings. The largest absolute Gasteiger partial charge is 0.352 e. The lowest BCUT2D eigenvalue weighted by molar-refractivity contribution is -0.123. The van der Waals surface area contributed by atoms with Crippen molar-refractivity contribution >= 4 is 18.3 Å². The molecule has 1 saturated heterocycles. The van der Waals surface area contributed by atoms with Crippen LogP contribution < -0.4 is 11.1 Å². The average Bonchev–Trinajstić information content (AvgIpc) is 2.68. The summed E-state index contributed by atoms with van der Waals surface area (Å²) in [5, 5.41) is 3.23. The molecule has 1 saturated carbocycles. The summed E-state index contributed by atoms with van der Waals surface area (Å²) in [6.07, 6.45) is 9.83. The molecular formula is C15H30ClN3O. The molecule has 1 aliphatic carbocycles. The van der Waals surface area contributed by atoms with Crippen LogP contribution in [0.3, 0.4) is 0 Å². The molecule has 2 aliphatic rings. The topological polar surface area (TPSA) is 58.4 Å². The Balaban J connectivity index is 0.00000200. The molecule has 0 aromatic rings. The van der Waals surface area contributed by atoms with Gasteiger partial charge in [0.25, 0.3) is 0 Å². The minimum absolute atomic E-state index is 0. The number of amides is 1. The Kier molecular flexibility index (Phi) is 8.50. The summed E-state index contributed by atoms with van der Waals surface area (Å²) in [7, 11) is 0. The molecule has 0 unspecified atom stereocenters. The van der Waals surface area contributed by atoms with Crippen LogP contribution >= 0.6 is 12.4 Å². The van der Waals surface area contributed by atoms with Crippen LogP contribution in [0.25, 0.3) is 0 Å². The van der Waals surface area contributed by atoms with E-state index in [9.17, 15) is 4.79 Å². The monoisotopic (exact) mass is 303 g/mol. The molecule has 1 heterocycles. The Hall–Kier alpha value is -0.320. The number of carbonyl (C=O) groups is 1. The van der Waals surface area contributed by atoms with Gasteiger partial charge in [-0.1, -0.05) is 25.7 Å². The molecule has 1 aliphatic heterocycles. The number of hydrogen-bond acceptors (Lipinski definition) is 3. The van der Waals surface area contributed by atoms with Crippen molar-refractivity contribution in [2.24, 2.45) is 11.7 Å². The second kappa shape index (κ2) is 9.59. The maximum atomic E-state index is 12.1. The van der Waals surface area contributed by atoms with Gasteiger partial charge in [0, 0.05) is 6.04 Å². The van der Waals surface area contributed by atoms with Crippen LogP contribution in [0.5, 0.6) is 0 Å². The summed E-state index contributed by atoms with van der Waals surface area (Å²) in [5.74, 6) is 0.888. The van der Waals surface area contributed by atoms with Crippen molar-refractivity contribution in [2.45, 2.75) is 57.4 Å². The molecule has 1 amide bonds. The Morgan fingerprint density at radius 2 is 1.65 bits per heavy atom. The van der Waals surface area contributed by atoms with Gasteiger partial charge in [0.15, 0.2) is 0 Å². The van der Waals surface area contributed by atoms with Gasteiger partial charge in [-0.3, -0.25) is 9.69 Å². The first kappa shape index (κ1) is 17.7. The number of nitrogens with zero attached hydrogens (tertiary/aromatic N) is 1. The van der Waals surface area contributed by atoms with E-state index in [0.29, 0.717) is 18.5 Å². The van der Waals surface area contributed by atoms with Gasteiger partial charge in [-0.05, 0) is 51.2 Å². The molecule has 0 bridgehead atoms. The van der Waals surface area contributed by atoms with E-state index in [2.05, 4.69) is 10.2 Å². The highest BCUT2D eigenvalue weighted by Crippen LogP contribution is 2.18. The van der Waals surface area contributed by atoms with E-state index in [0.717, 1.165) is 32.5 Å². The zero-order chi connectivity index (χ0) is 13.5. The summed E-state index contributed by atoms with van der Waals surface area (Å²) in [6.45, 7) is 3.43. The highest BCUT2D eigenvalue weighted by molar-refractivity contribution is 5.85. The molecule has 118 valence electrons. The molecule has 0 aromatic carbocycles. The molecule has 0 aromatic heterocycles. The SMILES string of the molecule is Cl.NCC1CCN(CC(=O)NC2CCCCCC2)CC1. The van der Waals surface area contributed by atoms with Crippen LogP contribution in [-0.4, -0.2) is 43.0 Å². The first-order chi connectivity index (χ1) is 9.28. The minimum atomic E-state index is 0. The summed E-state index contributed by atoms with van der Waals surface area (Å²) >= 11 is 0. The summed E-state index contributed by atoms with van der Waals surface area (Å²) in [6, 6.07) is 0.427. The van der Waals surface area contributed by atoms with Crippen LogP contribution in [0.15, 0.2) is 0 Å². The van der Waals surface area contributed by atoms with Crippen molar-refractivity contribution in [1.82, 2.24) is 10.2 Å². The van der Waals surface area contributed by atoms with E-state index in [4.69, 9.17) is 5.73 Å². The van der Waals surface area contributed by atoms with Gasteiger partial charge in [0.2, 0.25) is 5.91 Å². The van der Waals surface area contributed by atoms with Gasteiger partial charge < -0.3 is 11.1 Å². The summed E-state index contributed by atoms with van der Waals surface area (Å²) in [4.78, 5) is 14.3. The van der Waals surface area contributed by atoms with Crippen molar-refractivity contribution in [1.29, 1.82) is 0 Å². The third-order valence-corrected chi connectivity index (χ3v) is 4.63. The predicted molar refractivity (Wildman–Crippen MR) is 85.1 cm³/mol. The normalized spacial score (nSPS) is 22.9. The van der Waals surface area contributed by atoms with Crippen molar-refractivity contribution in [3.05, 3.63) is 0 Å². The van der Waals surface area contributed by atoms with E-state index < -0.39 is 0 Å². The second-order valence-corrected chi connectivity index (χ2v) is 6.21. The van der Waals surface area contributed by atoms with Gasteiger partial charge in [-0.25, -0.2) is 0 Å². The number of carbonyl (C=O) groups excluding carboxylic acids is 1. The number of nitrogens with two attached hydrogens (primary N) is 1. The van der Waals surface area contributed by atoms with E-state index in [-0.39, 0.29) is 18.3 Å². The molecule has 0 spiro atoms. The quantitative estimate of drug-likeness (QED) is 0.780. The van der Waals surface area contributed by atoms with Crippen molar-refractivity contribution in [3.63, 3.8) is 0 Å². The van der Waals surface area contributed by atoms with E-state index in [1.807, 2.05) is 0 Å². The molecule has 5 heteroatoms. The molecule has 20 heavy (non-hydrogen) atoms. The van der Waals surface area contributed by atoms with E-state index in [1.54, 1.807) is 0 Å². The maximum Gasteiger partial charge on any atom is 0.234 e. The van der Waals surface area contributed by atoms with Crippen molar-refractivity contribution < 1.29 is 4.79 Å². The average molecular weight is 304 g/mol. The van der Waals surface area contributed by atoms with Crippen LogP contribution in [0.1, 0.15) is 51.4 Å². The first-order valence-corrected chi connectivity index (χ1v) is 7.99. The standard InChI is InChI=1S/C15H29N3O.ClH/c16-11-13-7-9-18(10-8-13)12-15(19)17-14-5-3-1-2-4-6-14;/h13-14H,1-12,16H2,(H,17,19);1H. The molecule has 0 radical (unpaired) electrons. The molecule has 3 N–H and O–H groups in total. The van der Waals surface area contributed by atoms with Gasteiger partial charge in [0.05, 0.1) is 6.54 Å². The minimum Gasteiger partial charge on any atom is -0.352 e. The number of piperidine rings is 1. The first-order valence-electron chi connectivity index (χ1n) is 7.99. The highest BCUT2D eigenvalue weighted by Gasteiger charge is 2.21.